The number of halogens is 4. The zero-order valence-electron chi connectivity index (χ0n) is 16.0. The van der Waals surface area contributed by atoms with Gasteiger partial charge in [0.25, 0.3) is 5.91 Å². The summed E-state index contributed by atoms with van der Waals surface area (Å²) in [6.45, 7) is -0.283. The first-order chi connectivity index (χ1) is 14.8. The van der Waals surface area contributed by atoms with Crippen LogP contribution in [-0.4, -0.2) is 18.7 Å². The molecule has 160 valence electrons. The molecule has 0 saturated heterocycles. The molecule has 0 unspecified atom stereocenters. The highest BCUT2D eigenvalue weighted by Crippen LogP contribution is 2.29. The molecule has 31 heavy (non-hydrogen) atoms. The van der Waals surface area contributed by atoms with Crippen LogP contribution < -0.4 is 15.5 Å². The maximum atomic E-state index is 12.9. The molecule has 5 nitrogen and oxygen atoms in total. The minimum absolute atomic E-state index is 0.283. The fraction of sp³-hybridized carbons (Fsp3) is 0.0909. The van der Waals surface area contributed by atoms with Crippen LogP contribution in [-0.2, 0) is 11.0 Å². The van der Waals surface area contributed by atoms with Crippen LogP contribution in [0.2, 0.25) is 0 Å². The number of hydrogen-bond acceptors (Lipinski definition) is 4. The molecule has 0 atom stereocenters. The number of benzene rings is 3. The number of carbonyl (C=O) groups is 1. The van der Waals surface area contributed by atoms with Crippen molar-refractivity contribution in [3.05, 3.63) is 89.7 Å². The van der Waals surface area contributed by atoms with Gasteiger partial charge in [-0.05, 0) is 60.7 Å². The highest BCUT2D eigenvalue weighted by molar-refractivity contribution is 5.92. The van der Waals surface area contributed by atoms with E-state index in [1.165, 1.54) is 42.6 Å². The summed E-state index contributed by atoms with van der Waals surface area (Å²) in [5.41, 5.74) is 3.25. The first kappa shape index (κ1) is 21.8. The Kier molecular flexibility index (Phi) is 6.86. The summed E-state index contributed by atoms with van der Waals surface area (Å²) in [5.74, 6) is -0.455. The van der Waals surface area contributed by atoms with Gasteiger partial charge < -0.3 is 10.1 Å². The minimum Gasteiger partial charge on any atom is -0.483 e. The Labute approximate surface area is 175 Å². The van der Waals surface area contributed by atoms with Crippen molar-refractivity contribution in [3.63, 3.8) is 0 Å². The Morgan fingerprint density at radius 3 is 2.26 bits per heavy atom. The standard InChI is InChI=1S/C22H17F4N3O2/c23-17-7-11-18(12-8-17)28-21(30)14-31-20-4-2-1-3-15(20)13-27-29-19-9-5-16(6-10-19)22(24,25)26/h1-13,29H,14H2,(H,28,30)/b27-13+. The van der Waals surface area contributed by atoms with Crippen molar-refractivity contribution in [3.8, 4) is 5.75 Å². The molecular formula is C22H17F4N3O2. The molecule has 0 bridgehead atoms. The molecule has 3 rings (SSSR count). The fourth-order valence-electron chi connectivity index (χ4n) is 2.50. The van der Waals surface area contributed by atoms with Gasteiger partial charge in [0, 0.05) is 11.3 Å². The van der Waals surface area contributed by atoms with E-state index in [-0.39, 0.29) is 6.61 Å². The number of rotatable bonds is 7. The smallest absolute Gasteiger partial charge is 0.416 e. The Bertz CT molecular complexity index is 1050. The second-order valence-corrected chi connectivity index (χ2v) is 6.33. The average molecular weight is 431 g/mol. The molecule has 0 aliphatic carbocycles. The molecule has 2 N–H and O–H groups in total. The van der Waals surface area contributed by atoms with Crippen LogP contribution in [0.15, 0.2) is 77.9 Å². The predicted molar refractivity (Wildman–Crippen MR) is 110 cm³/mol. The molecule has 0 aromatic heterocycles. The Balaban J connectivity index is 1.57. The summed E-state index contributed by atoms with van der Waals surface area (Å²) < 4.78 is 56.2. The lowest BCUT2D eigenvalue weighted by Crippen LogP contribution is -2.20. The number of carbonyl (C=O) groups excluding carboxylic acids is 1. The van der Waals surface area contributed by atoms with E-state index < -0.39 is 23.5 Å². The maximum Gasteiger partial charge on any atom is 0.416 e. The molecule has 9 heteroatoms. The van der Waals surface area contributed by atoms with Gasteiger partial charge in [-0.3, -0.25) is 10.2 Å². The van der Waals surface area contributed by atoms with Gasteiger partial charge in [0.15, 0.2) is 6.61 Å². The van der Waals surface area contributed by atoms with E-state index >= 15 is 0 Å². The predicted octanol–water partition coefficient (Wildman–Crippen LogP) is 5.31. The van der Waals surface area contributed by atoms with Crippen LogP contribution in [0.3, 0.4) is 0 Å². The largest absolute Gasteiger partial charge is 0.483 e. The Morgan fingerprint density at radius 1 is 0.935 bits per heavy atom. The number of hydrogen-bond donors (Lipinski definition) is 2. The Hall–Kier alpha value is -3.88. The van der Waals surface area contributed by atoms with Crippen molar-refractivity contribution in [2.24, 2.45) is 5.10 Å². The average Bonchev–Trinajstić information content (AvgIpc) is 2.74. The normalized spacial score (nSPS) is 11.4. The summed E-state index contributed by atoms with van der Waals surface area (Å²) >= 11 is 0. The molecule has 0 saturated carbocycles. The molecule has 3 aromatic rings. The SMILES string of the molecule is O=C(COc1ccccc1/C=N/Nc1ccc(C(F)(F)F)cc1)Nc1ccc(F)cc1. The molecule has 0 aliphatic heterocycles. The minimum atomic E-state index is -4.40. The molecule has 0 radical (unpaired) electrons. The maximum absolute atomic E-state index is 12.9. The molecule has 0 fully saturated rings. The molecule has 0 spiro atoms. The number of hydrazone groups is 1. The highest BCUT2D eigenvalue weighted by Gasteiger charge is 2.29. The van der Waals surface area contributed by atoms with Gasteiger partial charge in [-0.1, -0.05) is 12.1 Å². The van der Waals surface area contributed by atoms with E-state index in [1.807, 2.05) is 0 Å². The number of alkyl halides is 3. The van der Waals surface area contributed by atoms with Crippen LogP contribution in [0.5, 0.6) is 5.75 Å². The number of para-hydroxylation sites is 1. The van der Waals surface area contributed by atoms with Gasteiger partial charge in [0.2, 0.25) is 0 Å². The topological polar surface area (TPSA) is 62.7 Å². The summed E-state index contributed by atoms with van der Waals surface area (Å²) in [5, 5.41) is 6.58. The summed E-state index contributed by atoms with van der Waals surface area (Å²) in [4.78, 5) is 12.0. The Morgan fingerprint density at radius 2 is 1.58 bits per heavy atom. The van der Waals surface area contributed by atoms with Gasteiger partial charge >= 0.3 is 6.18 Å². The quantitative estimate of drug-likeness (QED) is 0.303. The van der Waals surface area contributed by atoms with E-state index in [1.54, 1.807) is 24.3 Å². The van der Waals surface area contributed by atoms with Crippen molar-refractivity contribution in [2.75, 3.05) is 17.3 Å². The van der Waals surface area contributed by atoms with Crippen molar-refractivity contribution in [2.45, 2.75) is 6.18 Å². The third-order valence-electron chi connectivity index (χ3n) is 4.02. The van der Waals surface area contributed by atoms with Gasteiger partial charge in [0.05, 0.1) is 17.5 Å². The number of anilines is 2. The van der Waals surface area contributed by atoms with Gasteiger partial charge in [-0.25, -0.2) is 4.39 Å². The third kappa shape index (κ3) is 6.56. The van der Waals surface area contributed by atoms with Gasteiger partial charge in [-0.2, -0.15) is 18.3 Å². The lowest BCUT2D eigenvalue weighted by Gasteiger charge is -2.10. The lowest BCUT2D eigenvalue weighted by atomic mass is 10.2. The zero-order valence-corrected chi connectivity index (χ0v) is 16.0. The second kappa shape index (κ2) is 9.75. The summed E-state index contributed by atoms with van der Waals surface area (Å²) in [7, 11) is 0. The van der Waals surface area contributed by atoms with E-state index in [0.29, 0.717) is 22.7 Å². The first-order valence-electron chi connectivity index (χ1n) is 9.05. The summed E-state index contributed by atoms with van der Waals surface area (Å²) in [6.07, 6.45) is -2.98. The van der Waals surface area contributed by atoms with E-state index in [0.717, 1.165) is 12.1 Å². The van der Waals surface area contributed by atoms with Crippen LogP contribution in [0.25, 0.3) is 0 Å². The molecule has 1 amide bonds. The monoisotopic (exact) mass is 431 g/mol. The molecular weight excluding hydrogens is 414 g/mol. The van der Waals surface area contributed by atoms with Gasteiger partial charge in [-0.15, -0.1) is 0 Å². The van der Waals surface area contributed by atoms with Crippen LogP contribution in [0, 0.1) is 5.82 Å². The molecule has 0 aliphatic rings. The highest BCUT2D eigenvalue weighted by atomic mass is 19.4. The van der Waals surface area contributed by atoms with E-state index in [9.17, 15) is 22.4 Å². The lowest BCUT2D eigenvalue weighted by molar-refractivity contribution is -0.137. The first-order valence-corrected chi connectivity index (χ1v) is 9.05. The van der Waals surface area contributed by atoms with Crippen molar-refractivity contribution in [1.82, 2.24) is 0 Å². The zero-order chi connectivity index (χ0) is 22.3. The van der Waals surface area contributed by atoms with Crippen molar-refractivity contribution < 1.29 is 27.1 Å². The number of nitrogens with zero attached hydrogens (tertiary/aromatic N) is 1. The molecule has 3 aromatic carbocycles. The number of nitrogens with one attached hydrogen (secondary N) is 2. The number of ether oxygens (including phenoxy) is 1. The van der Waals surface area contributed by atoms with Crippen LogP contribution in [0.4, 0.5) is 28.9 Å². The van der Waals surface area contributed by atoms with Crippen molar-refractivity contribution >= 4 is 23.5 Å². The van der Waals surface area contributed by atoms with Crippen LogP contribution >= 0.6 is 0 Å². The van der Waals surface area contributed by atoms with E-state index in [2.05, 4.69) is 15.8 Å². The van der Waals surface area contributed by atoms with Crippen molar-refractivity contribution in [1.29, 1.82) is 0 Å². The van der Waals surface area contributed by atoms with Gasteiger partial charge in [0.1, 0.15) is 11.6 Å². The second-order valence-electron chi connectivity index (χ2n) is 6.33. The van der Waals surface area contributed by atoms with E-state index in [4.69, 9.17) is 4.74 Å². The third-order valence-corrected chi connectivity index (χ3v) is 4.02. The molecule has 0 heterocycles. The fourth-order valence-corrected chi connectivity index (χ4v) is 2.50. The number of amides is 1. The van der Waals surface area contributed by atoms with Crippen LogP contribution in [0.1, 0.15) is 11.1 Å². The summed E-state index contributed by atoms with van der Waals surface area (Å²) in [6, 6.07) is 16.6.